The molecule has 1 saturated heterocycles. The number of nitrogens with one attached hydrogen (secondary N) is 1. The van der Waals surface area contributed by atoms with Gasteiger partial charge >= 0.3 is 12.0 Å². The topological polar surface area (TPSA) is 126 Å². The molecule has 1 N–H and O–H groups in total. The summed E-state index contributed by atoms with van der Waals surface area (Å²) in [5.41, 5.74) is 1.53. The second-order valence-corrected chi connectivity index (χ2v) is 9.00. The van der Waals surface area contributed by atoms with Crippen molar-refractivity contribution < 1.29 is 42.5 Å². The Kier molecular flexibility index (Phi) is 6.97. The fraction of sp³-hybridized carbons (Fsp3) is 0.192. The number of hydrogen-bond donors (Lipinski definition) is 1. The molecule has 0 saturated carbocycles. The Bertz CT molecular complexity index is 1460. The molecule has 11 nitrogen and oxygen atoms in total. The minimum Gasteiger partial charge on any atom is -0.493 e. The first-order valence-corrected chi connectivity index (χ1v) is 12.1. The van der Waals surface area contributed by atoms with E-state index in [4.69, 9.17) is 23.4 Å². The van der Waals surface area contributed by atoms with Crippen molar-refractivity contribution in [2.45, 2.75) is 13.2 Å². The Morgan fingerprint density at radius 3 is 2.71 bits per heavy atom. The number of esters is 1. The summed E-state index contributed by atoms with van der Waals surface area (Å²) >= 11 is 3.50. The molecule has 12 heteroatoms. The van der Waals surface area contributed by atoms with Crippen LogP contribution in [-0.4, -0.2) is 43.8 Å². The number of methoxy groups -OCH3 is 2. The van der Waals surface area contributed by atoms with Gasteiger partial charge in [-0.2, -0.15) is 0 Å². The molecule has 2 aliphatic rings. The largest absolute Gasteiger partial charge is 0.493 e. The van der Waals surface area contributed by atoms with Crippen LogP contribution in [0, 0.1) is 0 Å². The van der Waals surface area contributed by atoms with Gasteiger partial charge in [0.05, 0.1) is 25.2 Å². The van der Waals surface area contributed by atoms with Gasteiger partial charge in [-0.3, -0.25) is 9.69 Å². The minimum absolute atomic E-state index is 0.0249. The van der Waals surface area contributed by atoms with E-state index in [0.29, 0.717) is 33.0 Å². The van der Waals surface area contributed by atoms with Crippen LogP contribution >= 0.6 is 15.9 Å². The Hall–Kier alpha value is -4.45. The summed E-state index contributed by atoms with van der Waals surface area (Å²) in [4.78, 5) is 38.0. The number of rotatable bonds is 8. The lowest BCUT2D eigenvalue weighted by Gasteiger charge is -2.14. The Morgan fingerprint density at radius 1 is 1.11 bits per heavy atom. The summed E-state index contributed by atoms with van der Waals surface area (Å²) in [6.07, 6.45) is 1.52. The van der Waals surface area contributed by atoms with E-state index in [0.717, 1.165) is 10.5 Å². The summed E-state index contributed by atoms with van der Waals surface area (Å²) in [5, 5.41) is 2.56. The van der Waals surface area contributed by atoms with Gasteiger partial charge in [0.15, 0.2) is 23.0 Å². The van der Waals surface area contributed by atoms with Crippen molar-refractivity contribution in [3.05, 3.63) is 75.3 Å². The fourth-order valence-corrected chi connectivity index (χ4v) is 4.43. The average Bonchev–Trinajstić information content (AvgIpc) is 3.64. The first kappa shape index (κ1) is 25.2. The van der Waals surface area contributed by atoms with Gasteiger partial charge in [-0.25, -0.2) is 9.59 Å². The normalized spacial score (nSPS) is 15.1. The van der Waals surface area contributed by atoms with Crippen LogP contribution in [0.4, 0.5) is 4.79 Å². The number of furan rings is 1. The van der Waals surface area contributed by atoms with Crippen LogP contribution in [0.2, 0.25) is 0 Å². The fourth-order valence-electron chi connectivity index (χ4n) is 3.86. The van der Waals surface area contributed by atoms with Gasteiger partial charge in [-0.1, -0.05) is 6.07 Å². The lowest BCUT2D eigenvalue weighted by Crippen LogP contribution is -2.30. The number of benzene rings is 2. The number of ether oxygens (including phenoxy) is 5. The number of halogens is 1. The van der Waals surface area contributed by atoms with E-state index in [1.165, 1.54) is 32.4 Å². The predicted molar refractivity (Wildman–Crippen MR) is 135 cm³/mol. The van der Waals surface area contributed by atoms with Crippen molar-refractivity contribution in [3.8, 4) is 23.0 Å². The zero-order valence-corrected chi connectivity index (χ0v) is 21.8. The summed E-state index contributed by atoms with van der Waals surface area (Å²) in [6.45, 7) is 0.286. The van der Waals surface area contributed by atoms with E-state index in [9.17, 15) is 14.4 Å². The molecule has 1 aromatic heterocycles. The number of carbonyl (C=O) groups is 3. The molecule has 0 bridgehead atoms. The first-order valence-electron chi connectivity index (χ1n) is 11.3. The predicted octanol–water partition coefficient (Wildman–Crippen LogP) is 4.24. The number of fused-ring (bicyclic) bond motifs is 1. The maximum absolute atomic E-state index is 12.9. The Labute approximate surface area is 225 Å². The van der Waals surface area contributed by atoms with E-state index < -0.39 is 17.9 Å². The third-order valence-electron chi connectivity index (χ3n) is 5.71. The molecule has 0 unspecified atom stereocenters. The second-order valence-electron chi connectivity index (χ2n) is 8.15. The van der Waals surface area contributed by atoms with E-state index in [1.807, 2.05) is 18.2 Å². The zero-order valence-electron chi connectivity index (χ0n) is 20.2. The van der Waals surface area contributed by atoms with Gasteiger partial charge in [0.1, 0.15) is 18.1 Å². The third kappa shape index (κ3) is 5.02. The molecule has 3 heterocycles. The van der Waals surface area contributed by atoms with Crippen molar-refractivity contribution >= 4 is 39.9 Å². The van der Waals surface area contributed by atoms with Crippen molar-refractivity contribution in [2.24, 2.45) is 0 Å². The van der Waals surface area contributed by atoms with Crippen molar-refractivity contribution in [3.63, 3.8) is 0 Å². The molecule has 38 heavy (non-hydrogen) atoms. The van der Waals surface area contributed by atoms with Crippen LogP contribution in [0.5, 0.6) is 23.0 Å². The van der Waals surface area contributed by atoms with E-state index in [2.05, 4.69) is 26.0 Å². The van der Waals surface area contributed by atoms with Gasteiger partial charge in [-0.15, -0.1) is 0 Å². The lowest BCUT2D eigenvalue weighted by molar-refractivity contribution is -0.123. The quantitative estimate of drug-likeness (QED) is 0.235. The summed E-state index contributed by atoms with van der Waals surface area (Å²) < 4.78 is 32.8. The maximum atomic E-state index is 12.9. The van der Waals surface area contributed by atoms with Crippen LogP contribution in [0.15, 0.2) is 57.1 Å². The highest BCUT2D eigenvalue weighted by Gasteiger charge is 2.34. The van der Waals surface area contributed by atoms with Gasteiger partial charge in [-0.05, 0) is 69.5 Å². The highest BCUT2D eigenvalue weighted by atomic mass is 79.9. The monoisotopic (exact) mass is 584 g/mol. The smallest absolute Gasteiger partial charge is 0.373 e. The standard InChI is InChI=1S/C26H21BrN2O9/c1-33-22-10-15(7-17(27)23(22)35-12-14-3-5-19-21(9-14)37-13-36-19)8-18-24(30)29(26(32)28-18)11-16-4-6-20(38-16)25(31)34-2/h3-10H,11-13H2,1-2H3,(H,28,32)/b18-8-. The molecule has 0 atom stereocenters. The van der Waals surface area contributed by atoms with Gasteiger partial charge in [0.25, 0.3) is 5.91 Å². The highest BCUT2D eigenvalue weighted by molar-refractivity contribution is 9.10. The molecular formula is C26H21BrN2O9. The lowest BCUT2D eigenvalue weighted by atomic mass is 10.1. The molecule has 3 aromatic rings. The average molecular weight is 585 g/mol. The van der Waals surface area contributed by atoms with Crippen LogP contribution < -0.4 is 24.3 Å². The van der Waals surface area contributed by atoms with Crippen LogP contribution in [-0.2, 0) is 22.7 Å². The minimum atomic E-state index is -0.656. The summed E-state index contributed by atoms with van der Waals surface area (Å²) in [6, 6.07) is 11.3. The van der Waals surface area contributed by atoms with Crippen LogP contribution in [0.3, 0.4) is 0 Å². The Balaban J connectivity index is 1.30. The van der Waals surface area contributed by atoms with Gasteiger partial charge in [0.2, 0.25) is 12.6 Å². The zero-order chi connectivity index (χ0) is 26.8. The first-order chi connectivity index (χ1) is 18.4. The number of nitrogens with zero attached hydrogens (tertiary/aromatic N) is 1. The van der Waals surface area contributed by atoms with Crippen LogP contribution in [0.25, 0.3) is 6.08 Å². The number of urea groups is 1. The molecule has 0 aliphatic carbocycles. The van der Waals surface area contributed by atoms with Gasteiger partial charge < -0.3 is 33.4 Å². The molecule has 1 fully saturated rings. The summed E-state index contributed by atoms with van der Waals surface area (Å²) in [5.74, 6) is 1.26. The second kappa shape index (κ2) is 10.5. The van der Waals surface area contributed by atoms with Gasteiger partial charge in [0, 0.05) is 0 Å². The molecule has 196 valence electrons. The Morgan fingerprint density at radius 2 is 1.92 bits per heavy atom. The van der Waals surface area contributed by atoms with Crippen molar-refractivity contribution in [1.82, 2.24) is 10.2 Å². The molecule has 0 spiro atoms. The molecule has 2 aliphatic heterocycles. The van der Waals surface area contributed by atoms with E-state index in [1.54, 1.807) is 12.1 Å². The van der Waals surface area contributed by atoms with E-state index >= 15 is 0 Å². The number of hydrogen-bond acceptors (Lipinski definition) is 9. The summed E-state index contributed by atoms with van der Waals surface area (Å²) in [7, 11) is 2.73. The molecule has 0 radical (unpaired) electrons. The van der Waals surface area contributed by atoms with Crippen molar-refractivity contribution in [2.75, 3.05) is 21.0 Å². The van der Waals surface area contributed by atoms with Crippen LogP contribution in [0.1, 0.15) is 27.4 Å². The van der Waals surface area contributed by atoms with E-state index in [-0.39, 0.29) is 37.2 Å². The molecule has 2 aromatic carbocycles. The number of amides is 3. The molecule has 3 amide bonds. The number of imide groups is 1. The molecule has 5 rings (SSSR count). The molecular weight excluding hydrogens is 564 g/mol. The number of carbonyl (C=O) groups excluding carboxylic acids is 3. The maximum Gasteiger partial charge on any atom is 0.373 e. The third-order valence-corrected chi connectivity index (χ3v) is 6.30. The van der Waals surface area contributed by atoms with Crippen molar-refractivity contribution in [1.29, 1.82) is 0 Å². The SMILES string of the molecule is COC(=O)c1ccc(CN2C(=O)N/C(=C\c3cc(Br)c(OCc4ccc5c(c4)OCO5)c(OC)c3)C2=O)o1. The highest BCUT2D eigenvalue weighted by Crippen LogP contribution is 2.39.